The zero-order valence-electron chi connectivity index (χ0n) is 12.3. The van der Waals surface area contributed by atoms with Crippen molar-refractivity contribution in [1.82, 2.24) is 20.4 Å². The van der Waals surface area contributed by atoms with Crippen molar-refractivity contribution in [2.24, 2.45) is 0 Å². The van der Waals surface area contributed by atoms with Crippen LogP contribution in [0.25, 0.3) is 0 Å². The molecular weight excluding hydrogens is 301 g/mol. The summed E-state index contributed by atoms with van der Waals surface area (Å²) in [6, 6.07) is 0. The second-order valence-corrected chi connectivity index (χ2v) is 5.34. The van der Waals surface area contributed by atoms with Gasteiger partial charge in [-0.25, -0.2) is 0 Å². The molecule has 1 fully saturated rings. The van der Waals surface area contributed by atoms with Crippen molar-refractivity contribution in [3.8, 4) is 0 Å². The van der Waals surface area contributed by atoms with Crippen LogP contribution in [0.1, 0.15) is 43.9 Å². The number of nitrogens with zero attached hydrogens (tertiary/aromatic N) is 3. The van der Waals surface area contributed by atoms with Gasteiger partial charge in [-0.05, 0) is 32.4 Å². The van der Waals surface area contributed by atoms with Crippen molar-refractivity contribution >= 4 is 5.91 Å². The first-order chi connectivity index (χ1) is 10.4. The molecule has 1 saturated heterocycles. The minimum atomic E-state index is -4.61. The van der Waals surface area contributed by atoms with E-state index >= 15 is 0 Å². The van der Waals surface area contributed by atoms with Gasteiger partial charge in [0.2, 0.25) is 11.8 Å². The maximum atomic E-state index is 12.4. The summed E-state index contributed by atoms with van der Waals surface area (Å²) in [6.07, 6.45) is -2.53. The molecule has 1 aliphatic rings. The van der Waals surface area contributed by atoms with Gasteiger partial charge in [-0.2, -0.15) is 13.2 Å². The average molecular weight is 320 g/mol. The molecular formula is C13H19F3N4O2. The van der Waals surface area contributed by atoms with Gasteiger partial charge in [-0.1, -0.05) is 6.92 Å². The van der Waals surface area contributed by atoms with E-state index in [0.29, 0.717) is 39.0 Å². The summed E-state index contributed by atoms with van der Waals surface area (Å²) in [5.74, 6) is -1.48. The highest BCUT2D eigenvalue weighted by Gasteiger charge is 2.39. The highest BCUT2D eigenvalue weighted by molar-refractivity contribution is 5.77. The fourth-order valence-corrected chi connectivity index (χ4v) is 2.38. The number of likely N-dealkylation sites (tertiary alicyclic amines) is 1. The normalized spacial score (nSPS) is 17.6. The molecule has 0 aliphatic carbocycles. The first-order valence-electron chi connectivity index (χ1n) is 7.29. The van der Waals surface area contributed by atoms with Crippen molar-refractivity contribution in [3.63, 3.8) is 0 Å². The highest BCUT2D eigenvalue weighted by atomic mass is 19.4. The summed E-state index contributed by atoms with van der Waals surface area (Å²) in [4.78, 5) is 13.6. The van der Waals surface area contributed by atoms with E-state index in [4.69, 9.17) is 4.42 Å². The predicted octanol–water partition coefficient (Wildman–Crippen LogP) is 1.79. The highest BCUT2D eigenvalue weighted by Crippen LogP contribution is 2.32. The van der Waals surface area contributed by atoms with Crippen molar-refractivity contribution < 1.29 is 22.4 Å². The van der Waals surface area contributed by atoms with E-state index in [1.165, 1.54) is 0 Å². The molecule has 22 heavy (non-hydrogen) atoms. The van der Waals surface area contributed by atoms with Gasteiger partial charge in [0.15, 0.2) is 0 Å². The SMILES string of the molecule is CCCNC(=O)CN1CCC(c2nnc(C(F)(F)F)o2)CC1. The van der Waals surface area contributed by atoms with E-state index in [2.05, 4.69) is 15.5 Å². The second kappa shape index (κ2) is 7.08. The summed E-state index contributed by atoms with van der Waals surface area (Å²) in [5, 5.41) is 9.34. The molecule has 6 nitrogen and oxygen atoms in total. The number of halogens is 3. The molecule has 2 heterocycles. The summed E-state index contributed by atoms with van der Waals surface area (Å²) in [7, 11) is 0. The summed E-state index contributed by atoms with van der Waals surface area (Å²) < 4.78 is 42.0. The summed E-state index contributed by atoms with van der Waals surface area (Å²) in [5.41, 5.74) is 0. The molecule has 1 aromatic rings. The van der Waals surface area contributed by atoms with Gasteiger partial charge < -0.3 is 9.73 Å². The molecule has 0 spiro atoms. The zero-order chi connectivity index (χ0) is 16.2. The van der Waals surface area contributed by atoms with E-state index < -0.39 is 12.1 Å². The van der Waals surface area contributed by atoms with Gasteiger partial charge in [0.05, 0.1) is 6.54 Å². The maximum absolute atomic E-state index is 12.4. The first-order valence-corrected chi connectivity index (χ1v) is 7.29. The number of piperidine rings is 1. The number of amides is 1. The van der Waals surface area contributed by atoms with E-state index in [1.807, 2.05) is 11.8 Å². The smallest absolute Gasteiger partial charge is 0.417 e. The van der Waals surface area contributed by atoms with Crippen LogP contribution in [0, 0.1) is 0 Å². The number of carbonyl (C=O) groups is 1. The minimum Gasteiger partial charge on any atom is -0.417 e. The Labute approximate surface area is 126 Å². The quantitative estimate of drug-likeness (QED) is 0.895. The van der Waals surface area contributed by atoms with E-state index in [0.717, 1.165) is 6.42 Å². The molecule has 124 valence electrons. The second-order valence-electron chi connectivity index (χ2n) is 5.34. The van der Waals surface area contributed by atoms with Crippen molar-refractivity contribution in [3.05, 3.63) is 11.8 Å². The van der Waals surface area contributed by atoms with Crippen LogP contribution in [0.15, 0.2) is 4.42 Å². The Bertz CT molecular complexity index is 496. The Kier molecular flexibility index (Phi) is 5.38. The third-order valence-electron chi connectivity index (χ3n) is 3.56. The largest absolute Gasteiger partial charge is 0.470 e. The maximum Gasteiger partial charge on any atom is 0.470 e. The predicted molar refractivity (Wildman–Crippen MR) is 71.0 cm³/mol. The van der Waals surface area contributed by atoms with Gasteiger partial charge in [-0.15, -0.1) is 10.2 Å². The number of aromatic nitrogens is 2. The molecule has 2 rings (SSSR count). The van der Waals surface area contributed by atoms with Crippen LogP contribution >= 0.6 is 0 Å². The minimum absolute atomic E-state index is 0.0300. The van der Waals surface area contributed by atoms with Crippen LogP contribution < -0.4 is 5.32 Å². The summed E-state index contributed by atoms with van der Waals surface area (Å²) >= 11 is 0. The molecule has 0 saturated carbocycles. The third-order valence-corrected chi connectivity index (χ3v) is 3.56. The molecule has 1 aliphatic heterocycles. The molecule has 0 atom stereocenters. The van der Waals surface area contributed by atoms with Crippen LogP contribution in [0.5, 0.6) is 0 Å². The molecule has 0 unspecified atom stereocenters. The number of hydrogen-bond donors (Lipinski definition) is 1. The van der Waals surface area contributed by atoms with Crippen LogP contribution in [0.4, 0.5) is 13.2 Å². The zero-order valence-corrected chi connectivity index (χ0v) is 12.3. The number of hydrogen-bond acceptors (Lipinski definition) is 5. The van der Waals surface area contributed by atoms with Crippen molar-refractivity contribution in [2.75, 3.05) is 26.2 Å². The van der Waals surface area contributed by atoms with E-state index in [9.17, 15) is 18.0 Å². The Balaban J connectivity index is 1.82. The molecule has 9 heteroatoms. The van der Waals surface area contributed by atoms with Crippen LogP contribution in [-0.2, 0) is 11.0 Å². The molecule has 1 N–H and O–H groups in total. The van der Waals surface area contributed by atoms with Crippen LogP contribution in [0.2, 0.25) is 0 Å². The van der Waals surface area contributed by atoms with Gasteiger partial charge in [0.25, 0.3) is 0 Å². The average Bonchev–Trinajstić information content (AvgIpc) is 2.96. The lowest BCUT2D eigenvalue weighted by atomic mass is 9.97. The molecule has 1 amide bonds. The lowest BCUT2D eigenvalue weighted by Crippen LogP contribution is -2.41. The molecule has 1 aromatic heterocycles. The fraction of sp³-hybridized carbons (Fsp3) is 0.769. The van der Waals surface area contributed by atoms with Crippen LogP contribution in [0.3, 0.4) is 0 Å². The fourth-order valence-electron chi connectivity index (χ4n) is 2.38. The lowest BCUT2D eigenvalue weighted by Gasteiger charge is -2.29. The molecule has 0 aromatic carbocycles. The number of rotatable bonds is 5. The number of carbonyl (C=O) groups excluding carboxylic acids is 1. The van der Waals surface area contributed by atoms with Gasteiger partial charge in [0.1, 0.15) is 0 Å². The van der Waals surface area contributed by atoms with Gasteiger partial charge in [-0.3, -0.25) is 9.69 Å². The van der Waals surface area contributed by atoms with E-state index in [1.54, 1.807) is 0 Å². The monoisotopic (exact) mass is 320 g/mol. The third kappa shape index (κ3) is 4.43. The number of nitrogens with one attached hydrogen (secondary N) is 1. The Morgan fingerprint density at radius 1 is 1.36 bits per heavy atom. The van der Waals surface area contributed by atoms with Crippen LogP contribution in [-0.4, -0.2) is 47.2 Å². The van der Waals surface area contributed by atoms with Gasteiger partial charge >= 0.3 is 12.1 Å². The Morgan fingerprint density at radius 3 is 2.59 bits per heavy atom. The number of alkyl halides is 3. The Morgan fingerprint density at radius 2 is 2.05 bits per heavy atom. The van der Waals surface area contributed by atoms with E-state index in [-0.39, 0.29) is 17.7 Å². The topological polar surface area (TPSA) is 71.3 Å². The Hall–Kier alpha value is -1.64. The van der Waals surface area contributed by atoms with Gasteiger partial charge in [0, 0.05) is 12.5 Å². The van der Waals surface area contributed by atoms with Crippen molar-refractivity contribution in [1.29, 1.82) is 0 Å². The van der Waals surface area contributed by atoms with Crippen molar-refractivity contribution in [2.45, 2.75) is 38.3 Å². The lowest BCUT2D eigenvalue weighted by molar-refractivity contribution is -0.157. The molecule has 0 bridgehead atoms. The first kappa shape index (κ1) is 16.7. The standard InChI is InChI=1S/C13H19F3N4O2/c1-2-5-17-10(21)8-20-6-3-9(4-7-20)11-18-19-12(22-11)13(14,15)16/h9H,2-8H2,1H3,(H,17,21). The molecule has 0 radical (unpaired) electrons. The summed E-state index contributed by atoms with van der Waals surface area (Å²) in [6.45, 7) is 4.18.